The first kappa shape index (κ1) is 17.3. The molecule has 1 N–H and O–H groups in total. The van der Waals surface area contributed by atoms with E-state index in [1.807, 2.05) is 0 Å². The van der Waals surface area contributed by atoms with E-state index in [1.54, 1.807) is 36.0 Å². The van der Waals surface area contributed by atoms with Gasteiger partial charge in [0.15, 0.2) is 5.82 Å². The number of rotatable bonds is 6. The van der Waals surface area contributed by atoms with E-state index in [2.05, 4.69) is 15.5 Å². The average Bonchev–Trinajstić information content (AvgIpc) is 3.23. The van der Waals surface area contributed by atoms with Crippen LogP contribution in [0.1, 0.15) is 23.0 Å². The molecule has 1 aromatic carbocycles. The summed E-state index contributed by atoms with van der Waals surface area (Å²) in [5, 5.41) is 21.7. The zero-order valence-electron chi connectivity index (χ0n) is 13.8. The maximum Gasteiger partial charge on any atom is 0.320 e. The Labute approximate surface area is 147 Å². The Bertz CT molecular complexity index is 947. The van der Waals surface area contributed by atoms with Gasteiger partial charge in [0, 0.05) is 18.8 Å². The van der Waals surface area contributed by atoms with Gasteiger partial charge in [0.05, 0.1) is 11.5 Å². The molecule has 2 heterocycles. The molecule has 0 aliphatic rings. The minimum Gasteiger partial charge on any atom is -0.303 e. The third kappa shape index (κ3) is 3.74. The van der Waals surface area contributed by atoms with Crippen molar-refractivity contribution in [1.82, 2.24) is 19.6 Å². The van der Waals surface area contributed by atoms with E-state index in [-0.39, 0.29) is 23.0 Å². The van der Waals surface area contributed by atoms with E-state index in [1.165, 1.54) is 23.0 Å². The lowest BCUT2D eigenvalue weighted by Gasteiger charge is -2.02. The Hall–Kier alpha value is -3.56. The van der Waals surface area contributed by atoms with Crippen molar-refractivity contribution < 1.29 is 14.1 Å². The summed E-state index contributed by atoms with van der Waals surface area (Å²) < 4.78 is 15.8. The molecule has 0 unspecified atom stereocenters. The SMILES string of the molecule is CCn1cc([N+](=O)[O-])c(C(=O)Nc2ccn(Cc3ccc(F)cc3)n2)n1. The molecule has 0 radical (unpaired) electrons. The van der Waals surface area contributed by atoms with E-state index in [9.17, 15) is 19.3 Å². The molecule has 134 valence electrons. The normalized spacial score (nSPS) is 10.7. The highest BCUT2D eigenvalue weighted by Crippen LogP contribution is 2.18. The first-order valence-electron chi connectivity index (χ1n) is 7.77. The molecule has 2 aromatic heterocycles. The van der Waals surface area contributed by atoms with Crippen molar-refractivity contribution in [1.29, 1.82) is 0 Å². The number of benzene rings is 1. The van der Waals surface area contributed by atoms with E-state index < -0.39 is 10.8 Å². The number of carbonyl (C=O) groups excluding carboxylic acids is 1. The minimum absolute atomic E-state index is 0.234. The van der Waals surface area contributed by atoms with E-state index in [0.29, 0.717) is 13.1 Å². The Morgan fingerprint density at radius 1 is 1.23 bits per heavy atom. The molecule has 0 aliphatic heterocycles. The lowest BCUT2D eigenvalue weighted by Crippen LogP contribution is -2.15. The topological polar surface area (TPSA) is 108 Å². The van der Waals surface area contributed by atoms with Crippen LogP contribution in [0.25, 0.3) is 0 Å². The smallest absolute Gasteiger partial charge is 0.303 e. The Morgan fingerprint density at radius 2 is 1.96 bits per heavy atom. The molecule has 26 heavy (non-hydrogen) atoms. The summed E-state index contributed by atoms with van der Waals surface area (Å²) in [6.07, 6.45) is 2.85. The molecule has 3 rings (SSSR count). The minimum atomic E-state index is -0.712. The van der Waals surface area contributed by atoms with Crippen LogP contribution in [0.5, 0.6) is 0 Å². The van der Waals surface area contributed by atoms with Crippen LogP contribution >= 0.6 is 0 Å². The zero-order chi connectivity index (χ0) is 18.7. The largest absolute Gasteiger partial charge is 0.320 e. The number of nitrogens with one attached hydrogen (secondary N) is 1. The molecule has 0 saturated carbocycles. The highest BCUT2D eigenvalue weighted by molar-refractivity contribution is 6.05. The van der Waals surface area contributed by atoms with Crippen molar-refractivity contribution in [2.75, 3.05) is 5.32 Å². The van der Waals surface area contributed by atoms with E-state index in [0.717, 1.165) is 5.56 Å². The number of aryl methyl sites for hydroxylation is 1. The lowest BCUT2D eigenvalue weighted by molar-refractivity contribution is -0.385. The molecule has 1 amide bonds. The molecule has 0 bridgehead atoms. The van der Waals surface area contributed by atoms with Gasteiger partial charge in [-0.05, 0) is 24.6 Å². The van der Waals surface area contributed by atoms with Gasteiger partial charge in [0.2, 0.25) is 5.69 Å². The van der Waals surface area contributed by atoms with Crippen molar-refractivity contribution in [3.63, 3.8) is 0 Å². The Morgan fingerprint density at radius 3 is 2.62 bits per heavy atom. The third-order valence-electron chi connectivity index (χ3n) is 3.62. The number of hydrogen-bond donors (Lipinski definition) is 1. The van der Waals surface area contributed by atoms with Crippen molar-refractivity contribution in [2.45, 2.75) is 20.0 Å². The molecule has 9 nitrogen and oxygen atoms in total. The maximum absolute atomic E-state index is 12.9. The molecule has 10 heteroatoms. The predicted molar refractivity (Wildman–Crippen MR) is 90.2 cm³/mol. The number of anilines is 1. The molecule has 3 aromatic rings. The van der Waals surface area contributed by atoms with Crippen LogP contribution in [0.4, 0.5) is 15.9 Å². The van der Waals surface area contributed by atoms with Gasteiger partial charge in [0.25, 0.3) is 5.91 Å². The third-order valence-corrected chi connectivity index (χ3v) is 3.62. The van der Waals surface area contributed by atoms with Gasteiger partial charge in [-0.3, -0.25) is 24.3 Å². The first-order valence-corrected chi connectivity index (χ1v) is 7.77. The number of hydrogen-bond acceptors (Lipinski definition) is 5. The number of aromatic nitrogens is 4. The van der Waals surface area contributed by atoms with Crippen LogP contribution in [0.2, 0.25) is 0 Å². The summed E-state index contributed by atoms with van der Waals surface area (Å²) in [6, 6.07) is 7.53. The van der Waals surface area contributed by atoms with Crippen LogP contribution in [-0.4, -0.2) is 30.4 Å². The monoisotopic (exact) mass is 358 g/mol. The lowest BCUT2D eigenvalue weighted by atomic mass is 10.2. The fourth-order valence-electron chi connectivity index (χ4n) is 2.34. The fourth-order valence-corrected chi connectivity index (χ4v) is 2.34. The van der Waals surface area contributed by atoms with Crippen LogP contribution in [0, 0.1) is 15.9 Å². The maximum atomic E-state index is 12.9. The van der Waals surface area contributed by atoms with Crippen LogP contribution in [0.3, 0.4) is 0 Å². The summed E-state index contributed by atoms with van der Waals surface area (Å²) >= 11 is 0. The van der Waals surface area contributed by atoms with E-state index in [4.69, 9.17) is 0 Å². The van der Waals surface area contributed by atoms with Gasteiger partial charge < -0.3 is 5.32 Å². The second-order valence-electron chi connectivity index (χ2n) is 5.45. The van der Waals surface area contributed by atoms with E-state index >= 15 is 0 Å². The fraction of sp³-hybridized carbons (Fsp3) is 0.188. The second kappa shape index (κ2) is 7.13. The van der Waals surface area contributed by atoms with Gasteiger partial charge in [0.1, 0.15) is 12.0 Å². The quantitative estimate of drug-likeness (QED) is 0.538. The zero-order valence-corrected chi connectivity index (χ0v) is 13.8. The summed E-state index contributed by atoms with van der Waals surface area (Å²) in [4.78, 5) is 22.7. The molecule has 0 atom stereocenters. The number of nitrogens with zero attached hydrogens (tertiary/aromatic N) is 5. The highest BCUT2D eigenvalue weighted by Gasteiger charge is 2.25. The van der Waals surface area contributed by atoms with Gasteiger partial charge in [-0.25, -0.2) is 4.39 Å². The van der Waals surface area contributed by atoms with Crippen molar-refractivity contribution in [2.24, 2.45) is 0 Å². The van der Waals surface area contributed by atoms with Gasteiger partial charge in [-0.15, -0.1) is 0 Å². The van der Waals surface area contributed by atoms with Crippen molar-refractivity contribution in [3.05, 3.63) is 69.9 Å². The standard InChI is InChI=1S/C16H15FN6O3/c1-2-21-10-13(23(25)26)15(20-21)16(24)18-14-7-8-22(19-14)9-11-3-5-12(17)6-4-11/h3-8,10H,2,9H2,1H3,(H,18,19,24). The molecular formula is C16H15FN6O3. The number of carbonyl (C=O) groups is 1. The number of halogens is 1. The van der Waals surface area contributed by atoms with Crippen LogP contribution in [-0.2, 0) is 13.1 Å². The van der Waals surface area contributed by atoms with Crippen molar-refractivity contribution in [3.8, 4) is 0 Å². The van der Waals surface area contributed by atoms with Gasteiger partial charge in [-0.2, -0.15) is 10.2 Å². The summed E-state index contributed by atoms with van der Waals surface area (Å²) in [6.45, 7) is 2.55. The summed E-state index contributed by atoms with van der Waals surface area (Å²) in [5.41, 5.74) is 0.199. The first-order chi connectivity index (χ1) is 12.5. The van der Waals surface area contributed by atoms with Crippen LogP contribution in [0.15, 0.2) is 42.7 Å². The van der Waals surface area contributed by atoms with Gasteiger partial charge in [-0.1, -0.05) is 12.1 Å². The summed E-state index contributed by atoms with van der Waals surface area (Å²) in [5.74, 6) is -0.802. The van der Waals surface area contributed by atoms with Crippen LogP contribution < -0.4 is 5.32 Å². The Balaban J connectivity index is 1.72. The molecular weight excluding hydrogens is 343 g/mol. The molecule has 0 saturated heterocycles. The predicted octanol–water partition coefficient (Wildman–Crippen LogP) is 2.45. The second-order valence-corrected chi connectivity index (χ2v) is 5.45. The number of nitro groups is 1. The Kier molecular flexibility index (Phi) is 4.74. The summed E-state index contributed by atoms with van der Waals surface area (Å²) in [7, 11) is 0. The molecule has 0 fully saturated rings. The van der Waals surface area contributed by atoms with Gasteiger partial charge >= 0.3 is 5.69 Å². The van der Waals surface area contributed by atoms with Crippen molar-refractivity contribution >= 4 is 17.4 Å². The number of amides is 1. The highest BCUT2D eigenvalue weighted by atomic mass is 19.1. The molecule has 0 spiro atoms. The average molecular weight is 358 g/mol. The molecule has 0 aliphatic carbocycles.